The van der Waals surface area contributed by atoms with Gasteiger partial charge in [0.2, 0.25) is 11.8 Å². The van der Waals surface area contributed by atoms with E-state index in [1.165, 1.54) is 17.0 Å². The van der Waals surface area contributed by atoms with E-state index in [0.29, 0.717) is 17.3 Å². The van der Waals surface area contributed by atoms with Crippen LogP contribution in [0.4, 0.5) is 5.69 Å². The van der Waals surface area contributed by atoms with Crippen molar-refractivity contribution in [3.8, 4) is 0 Å². The largest absolute Gasteiger partial charge is 0.355 e. The number of hydrogen-bond donors (Lipinski definition) is 1. The third-order valence-corrected chi connectivity index (χ3v) is 8.86. The van der Waals surface area contributed by atoms with Gasteiger partial charge in [-0.15, -0.1) is 0 Å². The average Bonchev–Trinajstić information content (AvgIpc) is 3.00. The van der Waals surface area contributed by atoms with Gasteiger partial charge in [-0.25, -0.2) is 8.42 Å². The van der Waals surface area contributed by atoms with Crippen LogP contribution in [-0.2, 0) is 32.6 Å². The Morgan fingerprint density at radius 3 is 2.00 bits per heavy atom. The van der Waals surface area contributed by atoms with Gasteiger partial charge >= 0.3 is 0 Å². The van der Waals surface area contributed by atoms with Gasteiger partial charge in [0.1, 0.15) is 12.6 Å². The number of benzene rings is 4. The predicted octanol–water partition coefficient (Wildman–Crippen LogP) is 5.62. The van der Waals surface area contributed by atoms with Crippen LogP contribution in [0.2, 0.25) is 5.02 Å². The maximum atomic E-state index is 14.3. The number of hydrogen-bond acceptors (Lipinski definition) is 4. The summed E-state index contributed by atoms with van der Waals surface area (Å²) in [5.41, 5.74) is 2.92. The Hall–Kier alpha value is -4.14. The molecule has 0 aliphatic carbocycles. The van der Waals surface area contributed by atoms with Crippen molar-refractivity contribution in [3.05, 3.63) is 131 Å². The minimum atomic E-state index is -4.12. The Labute approximate surface area is 252 Å². The second-order valence-electron chi connectivity index (χ2n) is 9.91. The molecule has 4 aromatic carbocycles. The van der Waals surface area contributed by atoms with E-state index < -0.39 is 28.5 Å². The molecule has 0 saturated carbocycles. The van der Waals surface area contributed by atoms with Crippen LogP contribution < -0.4 is 9.62 Å². The molecule has 7 nitrogen and oxygen atoms in total. The van der Waals surface area contributed by atoms with Crippen LogP contribution in [0.3, 0.4) is 0 Å². The van der Waals surface area contributed by atoms with Crippen LogP contribution in [0.5, 0.6) is 0 Å². The molecule has 4 aromatic rings. The van der Waals surface area contributed by atoms with E-state index in [1.54, 1.807) is 66.7 Å². The van der Waals surface area contributed by atoms with Crippen molar-refractivity contribution in [1.29, 1.82) is 0 Å². The van der Waals surface area contributed by atoms with Crippen LogP contribution in [0.15, 0.2) is 114 Å². The fourth-order valence-corrected chi connectivity index (χ4v) is 6.15. The third kappa shape index (κ3) is 7.78. The average molecular weight is 604 g/mol. The molecular weight excluding hydrogens is 570 g/mol. The summed E-state index contributed by atoms with van der Waals surface area (Å²) >= 11 is 6.11. The molecule has 2 amide bonds. The summed E-state index contributed by atoms with van der Waals surface area (Å²) in [6.07, 6.45) is 0.252. The number of nitrogens with zero attached hydrogens (tertiary/aromatic N) is 2. The number of sulfonamides is 1. The summed E-state index contributed by atoms with van der Waals surface area (Å²) in [6.45, 7) is 3.68. The molecule has 0 spiro atoms. The van der Waals surface area contributed by atoms with E-state index in [2.05, 4.69) is 5.32 Å². The number of carbonyl (C=O) groups excluding carboxylic acids is 2. The quantitative estimate of drug-likeness (QED) is 0.228. The first-order valence-electron chi connectivity index (χ1n) is 13.7. The van der Waals surface area contributed by atoms with E-state index in [-0.39, 0.29) is 23.8 Å². The highest BCUT2D eigenvalue weighted by Crippen LogP contribution is 2.25. The smallest absolute Gasteiger partial charge is 0.264 e. The topological polar surface area (TPSA) is 86.8 Å². The Bertz CT molecular complexity index is 1580. The molecule has 1 atom stereocenters. The number of halogens is 1. The minimum Gasteiger partial charge on any atom is -0.355 e. The normalized spacial score (nSPS) is 11.9. The highest BCUT2D eigenvalue weighted by atomic mass is 35.5. The highest BCUT2D eigenvalue weighted by molar-refractivity contribution is 7.92. The van der Waals surface area contributed by atoms with Gasteiger partial charge in [-0.3, -0.25) is 13.9 Å². The van der Waals surface area contributed by atoms with E-state index in [0.717, 1.165) is 21.0 Å². The monoisotopic (exact) mass is 603 g/mol. The van der Waals surface area contributed by atoms with Gasteiger partial charge in [-0.05, 0) is 61.4 Å². The third-order valence-electron chi connectivity index (χ3n) is 6.82. The first kappa shape index (κ1) is 30.8. The fraction of sp³-hybridized carbons (Fsp3) is 0.212. The molecular formula is C33H34ClN3O4S. The van der Waals surface area contributed by atoms with Crippen LogP contribution in [0, 0.1) is 6.92 Å². The predicted molar refractivity (Wildman–Crippen MR) is 167 cm³/mol. The summed E-state index contributed by atoms with van der Waals surface area (Å²) < 4.78 is 29.0. The molecule has 0 unspecified atom stereocenters. The van der Waals surface area contributed by atoms with Crippen LogP contribution in [0.1, 0.15) is 23.6 Å². The van der Waals surface area contributed by atoms with Crippen LogP contribution in [-0.4, -0.2) is 44.3 Å². The second-order valence-corrected chi connectivity index (χ2v) is 12.2. The molecule has 218 valence electrons. The number of anilines is 1. The molecule has 0 bridgehead atoms. The maximum absolute atomic E-state index is 14.3. The second kappa shape index (κ2) is 14.2. The summed E-state index contributed by atoms with van der Waals surface area (Å²) in [5.74, 6) is -0.839. The Morgan fingerprint density at radius 2 is 1.40 bits per heavy atom. The van der Waals surface area contributed by atoms with Gasteiger partial charge in [0, 0.05) is 24.5 Å². The van der Waals surface area contributed by atoms with Crippen molar-refractivity contribution in [1.82, 2.24) is 10.2 Å². The van der Waals surface area contributed by atoms with Crippen molar-refractivity contribution in [3.63, 3.8) is 0 Å². The lowest BCUT2D eigenvalue weighted by molar-refractivity contribution is -0.140. The number of rotatable bonds is 12. The van der Waals surface area contributed by atoms with Crippen molar-refractivity contribution in [2.45, 2.75) is 37.8 Å². The first-order valence-corrected chi connectivity index (χ1v) is 15.5. The van der Waals surface area contributed by atoms with Gasteiger partial charge in [-0.2, -0.15) is 0 Å². The lowest BCUT2D eigenvalue weighted by Crippen LogP contribution is -2.53. The number of nitrogens with one attached hydrogen (secondary N) is 1. The number of aryl methyl sites for hydroxylation is 1. The molecule has 0 radical (unpaired) electrons. The zero-order valence-electron chi connectivity index (χ0n) is 23.6. The van der Waals surface area contributed by atoms with Gasteiger partial charge < -0.3 is 10.2 Å². The zero-order chi connectivity index (χ0) is 30.1. The molecule has 0 aliphatic rings. The minimum absolute atomic E-state index is 0.0622. The fourth-order valence-electron chi connectivity index (χ4n) is 4.59. The van der Waals surface area contributed by atoms with E-state index in [1.807, 2.05) is 44.2 Å². The van der Waals surface area contributed by atoms with Gasteiger partial charge in [0.25, 0.3) is 10.0 Å². The van der Waals surface area contributed by atoms with Crippen molar-refractivity contribution in [2.24, 2.45) is 0 Å². The first-order chi connectivity index (χ1) is 20.2. The van der Waals surface area contributed by atoms with Crippen molar-refractivity contribution in [2.75, 3.05) is 17.4 Å². The Balaban J connectivity index is 1.78. The SMILES string of the molecule is CCNC(=O)[C@@H](Cc1ccccc1)N(Cc1ccc(Cl)cc1)C(=O)CN(c1ccc(C)cc1)S(=O)(=O)c1ccccc1. The number of likely N-dealkylation sites (N-methyl/N-ethyl adjacent to an activating group) is 1. The van der Waals surface area contributed by atoms with Crippen LogP contribution in [0.25, 0.3) is 0 Å². The highest BCUT2D eigenvalue weighted by Gasteiger charge is 2.34. The van der Waals surface area contributed by atoms with Gasteiger partial charge in [0.15, 0.2) is 0 Å². The van der Waals surface area contributed by atoms with E-state index >= 15 is 0 Å². The Kier molecular flexibility index (Phi) is 10.4. The van der Waals surface area contributed by atoms with Crippen molar-refractivity contribution < 1.29 is 18.0 Å². The summed E-state index contributed by atoms with van der Waals surface area (Å²) in [4.78, 5) is 29.3. The molecule has 0 heterocycles. The molecule has 42 heavy (non-hydrogen) atoms. The summed E-state index contributed by atoms with van der Waals surface area (Å²) in [6, 6.07) is 30.5. The summed E-state index contributed by atoms with van der Waals surface area (Å²) in [5, 5.41) is 3.40. The lowest BCUT2D eigenvalue weighted by atomic mass is 10.0. The maximum Gasteiger partial charge on any atom is 0.264 e. The van der Waals surface area contributed by atoms with Gasteiger partial charge in [0.05, 0.1) is 10.6 Å². The Morgan fingerprint density at radius 1 is 0.810 bits per heavy atom. The number of carbonyl (C=O) groups is 2. The summed E-state index contributed by atoms with van der Waals surface area (Å²) in [7, 11) is -4.12. The molecule has 9 heteroatoms. The molecule has 0 aromatic heterocycles. The van der Waals surface area contributed by atoms with E-state index in [4.69, 9.17) is 11.6 Å². The zero-order valence-corrected chi connectivity index (χ0v) is 25.2. The van der Waals surface area contributed by atoms with E-state index in [9.17, 15) is 18.0 Å². The molecule has 0 aliphatic heterocycles. The van der Waals surface area contributed by atoms with Gasteiger partial charge in [-0.1, -0.05) is 90.0 Å². The number of amides is 2. The lowest BCUT2D eigenvalue weighted by Gasteiger charge is -2.33. The molecule has 0 fully saturated rings. The van der Waals surface area contributed by atoms with Crippen LogP contribution >= 0.6 is 11.6 Å². The molecule has 1 N–H and O–H groups in total. The van der Waals surface area contributed by atoms with Crippen molar-refractivity contribution >= 4 is 39.1 Å². The standard InChI is InChI=1S/C33H34ClN3O4S/c1-3-35-33(39)31(22-26-10-6-4-7-11-26)36(23-27-16-18-28(34)19-17-27)32(38)24-37(29-20-14-25(2)15-21-29)42(40,41)30-12-8-5-9-13-30/h4-21,31H,3,22-24H2,1-2H3,(H,35,39)/t31-/m1/s1. The molecule has 0 saturated heterocycles. The molecule has 4 rings (SSSR count).